The summed E-state index contributed by atoms with van der Waals surface area (Å²) in [6.45, 7) is 0.0240. The van der Waals surface area contributed by atoms with E-state index in [0.717, 1.165) is 4.88 Å². The van der Waals surface area contributed by atoms with Gasteiger partial charge in [-0.1, -0.05) is 18.2 Å². The molecule has 1 atom stereocenters. The first kappa shape index (κ1) is 13.5. The highest BCUT2D eigenvalue weighted by molar-refractivity contribution is 7.10. The third kappa shape index (κ3) is 3.30. The molecule has 2 aromatic rings. The van der Waals surface area contributed by atoms with E-state index in [9.17, 15) is 10.1 Å². The van der Waals surface area contributed by atoms with Gasteiger partial charge in [0.05, 0.1) is 11.0 Å². The summed E-state index contributed by atoms with van der Waals surface area (Å²) in [5.74, 6) is 0. The minimum atomic E-state index is -0.410. The quantitative estimate of drug-likeness (QED) is 0.628. The maximum absolute atomic E-state index is 11.0. The normalized spacial score (nSPS) is 12.1. The van der Waals surface area contributed by atoms with E-state index in [1.165, 1.54) is 6.07 Å². The minimum Gasteiger partial charge on any atom is -0.396 e. The van der Waals surface area contributed by atoms with Gasteiger partial charge in [-0.2, -0.15) is 0 Å². The van der Waals surface area contributed by atoms with Crippen LogP contribution in [0.5, 0.6) is 0 Å². The molecule has 2 N–H and O–H groups in total. The molecule has 0 bridgehead atoms. The van der Waals surface area contributed by atoms with Crippen molar-refractivity contribution in [2.75, 3.05) is 11.9 Å². The van der Waals surface area contributed by atoms with Gasteiger partial charge in [0, 0.05) is 17.6 Å². The van der Waals surface area contributed by atoms with Crippen molar-refractivity contribution in [3.05, 3.63) is 56.8 Å². The zero-order valence-electron chi connectivity index (χ0n) is 10.2. The molecule has 19 heavy (non-hydrogen) atoms. The number of aliphatic hydroxyl groups excluding tert-OH is 1. The summed E-state index contributed by atoms with van der Waals surface area (Å²) in [7, 11) is 0. The van der Waals surface area contributed by atoms with Gasteiger partial charge in [-0.25, -0.2) is 0 Å². The fourth-order valence-corrected chi connectivity index (χ4v) is 2.66. The predicted molar refractivity (Wildman–Crippen MR) is 75.5 cm³/mol. The monoisotopic (exact) mass is 278 g/mol. The van der Waals surface area contributed by atoms with Crippen molar-refractivity contribution in [3.63, 3.8) is 0 Å². The lowest BCUT2D eigenvalue weighted by Crippen LogP contribution is -2.12. The number of hydrogen-bond acceptors (Lipinski definition) is 5. The Labute approximate surface area is 114 Å². The van der Waals surface area contributed by atoms with Gasteiger partial charge in [-0.05, 0) is 23.9 Å². The molecule has 1 aromatic carbocycles. The Morgan fingerprint density at radius 2 is 2.11 bits per heavy atom. The van der Waals surface area contributed by atoms with Gasteiger partial charge in [-0.15, -0.1) is 11.3 Å². The molecule has 0 fully saturated rings. The summed E-state index contributed by atoms with van der Waals surface area (Å²) in [6.07, 6.45) is 0.507. The zero-order chi connectivity index (χ0) is 13.7. The highest BCUT2D eigenvalue weighted by atomic mass is 32.1. The van der Waals surface area contributed by atoms with E-state index in [4.69, 9.17) is 5.11 Å². The Morgan fingerprint density at radius 1 is 1.32 bits per heavy atom. The first-order chi connectivity index (χ1) is 9.22. The van der Waals surface area contributed by atoms with E-state index in [0.29, 0.717) is 12.1 Å². The molecule has 1 heterocycles. The summed E-state index contributed by atoms with van der Waals surface area (Å²) in [4.78, 5) is 11.6. The molecule has 100 valence electrons. The topological polar surface area (TPSA) is 75.4 Å². The molecule has 2 rings (SSSR count). The molecule has 5 nitrogen and oxygen atoms in total. The first-order valence-electron chi connectivity index (χ1n) is 5.86. The molecular weight excluding hydrogens is 264 g/mol. The van der Waals surface area contributed by atoms with Crippen LogP contribution in [0.1, 0.15) is 17.3 Å². The Balaban J connectivity index is 2.25. The third-order valence-electron chi connectivity index (χ3n) is 2.73. The van der Waals surface area contributed by atoms with Gasteiger partial charge in [0.1, 0.15) is 5.69 Å². The van der Waals surface area contributed by atoms with Gasteiger partial charge < -0.3 is 10.4 Å². The second kappa shape index (κ2) is 6.31. The molecule has 0 unspecified atom stereocenters. The van der Waals surface area contributed by atoms with Crippen LogP contribution in [0.15, 0.2) is 41.8 Å². The third-order valence-corrected chi connectivity index (χ3v) is 3.72. The van der Waals surface area contributed by atoms with E-state index < -0.39 is 4.92 Å². The number of nitrogens with one attached hydrogen (secondary N) is 1. The van der Waals surface area contributed by atoms with Crippen LogP contribution >= 0.6 is 11.3 Å². The maximum atomic E-state index is 11.0. The highest BCUT2D eigenvalue weighted by Gasteiger charge is 2.18. The molecule has 0 radical (unpaired) electrons. The molecule has 0 spiro atoms. The molecule has 0 saturated carbocycles. The van der Waals surface area contributed by atoms with Crippen LogP contribution in [0.2, 0.25) is 0 Å². The smallest absolute Gasteiger partial charge is 0.292 e. The van der Waals surface area contributed by atoms with Crippen molar-refractivity contribution < 1.29 is 10.0 Å². The van der Waals surface area contributed by atoms with Crippen molar-refractivity contribution >= 4 is 22.7 Å². The van der Waals surface area contributed by atoms with Gasteiger partial charge in [0.15, 0.2) is 0 Å². The Bertz CT molecular complexity index is 543. The fraction of sp³-hybridized carbons (Fsp3) is 0.231. The van der Waals surface area contributed by atoms with Crippen LogP contribution in [0.25, 0.3) is 0 Å². The standard InChI is InChI=1S/C13H14N2O3S/c16-8-7-11(13-6-3-9-19-13)14-10-4-1-2-5-12(10)15(17)18/h1-6,9,11,14,16H,7-8H2/t11-/m0/s1. The summed E-state index contributed by atoms with van der Waals surface area (Å²) >= 11 is 1.56. The molecule has 0 aliphatic carbocycles. The van der Waals surface area contributed by atoms with Crippen molar-refractivity contribution in [1.82, 2.24) is 0 Å². The predicted octanol–water partition coefficient (Wildman–Crippen LogP) is 3.19. The molecule has 0 saturated heterocycles. The Hall–Kier alpha value is -1.92. The second-order valence-electron chi connectivity index (χ2n) is 4.00. The van der Waals surface area contributed by atoms with Crippen LogP contribution < -0.4 is 5.32 Å². The summed E-state index contributed by atoms with van der Waals surface area (Å²) in [5, 5.41) is 25.2. The molecular formula is C13H14N2O3S. The number of nitrogens with zero attached hydrogens (tertiary/aromatic N) is 1. The minimum absolute atomic E-state index is 0.0240. The van der Waals surface area contributed by atoms with Gasteiger partial charge in [0.2, 0.25) is 0 Å². The Morgan fingerprint density at radius 3 is 2.74 bits per heavy atom. The maximum Gasteiger partial charge on any atom is 0.292 e. The summed E-state index contributed by atoms with van der Waals surface area (Å²) in [5.41, 5.74) is 0.515. The largest absolute Gasteiger partial charge is 0.396 e. The first-order valence-corrected chi connectivity index (χ1v) is 6.74. The lowest BCUT2D eigenvalue weighted by molar-refractivity contribution is -0.384. The molecule has 0 amide bonds. The number of nitro benzene ring substituents is 1. The number of para-hydroxylation sites is 2. The van der Waals surface area contributed by atoms with Crippen molar-refractivity contribution in [1.29, 1.82) is 0 Å². The molecule has 6 heteroatoms. The number of aliphatic hydroxyl groups is 1. The lowest BCUT2D eigenvalue weighted by Gasteiger charge is -2.17. The summed E-state index contributed by atoms with van der Waals surface area (Å²) in [6, 6.07) is 10.3. The van der Waals surface area contributed by atoms with Crippen molar-refractivity contribution in [3.8, 4) is 0 Å². The average Bonchev–Trinajstić information content (AvgIpc) is 2.92. The number of anilines is 1. The van der Waals surface area contributed by atoms with Gasteiger partial charge in [-0.3, -0.25) is 10.1 Å². The SMILES string of the molecule is O=[N+]([O-])c1ccccc1N[C@@H](CCO)c1cccs1. The van der Waals surface area contributed by atoms with Crippen LogP contribution in [0, 0.1) is 10.1 Å². The number of benzene rings is 1. The van der Waals surface area contributed by atoms with Crippen LogP contribution in [-0.2, 0) is 0 Å². The van der Waals surface area contributed by atoms with Crippen molar-refractivity contribution in [2.45, 2.75) is 12.5 Å². The van der Waals surface area contributed by atoms with Crippen molar-refractivity contribution in [2.24, 2.45) is 0 Å². The molecule has 1 aromatic heterocycles. The molecule has 0 aliphatic rings. The van der Waals surface area contributed by atoms with E-state index in [2.05, 4.69) is 5.32 Å². The molecule has 0 aliphatic heterocycles. The number of rotatable bonds is 6. The highest BCUT2D eigenvalue weighted by Crippen LogP contribution is 2.30. The van der Waals surface area contributed by atoms with Gasteiger partial charge in [0.25, 0.3) is 5.69 Å². The fourth-order valence-electron chi connectivity index (χ4n) is 1.85. The average molecular weight is 278 g/mol. The van der Waals surface area contributed by atoms with Gasteiger partial charge >= 0.3 is 0 Å². The van der Waals surface area contributed by atoms with Crippen LogP contribution in [0.4, 0.5) is 11.4 Å². The second-order valence-corrected chi connectivity index (χ2v) is 4.98. The van der Waals surface area contributed by atoms with E-state index in [1.807, 2.05) is 17.5 Å². The van der Waals surface area contributed by atoms with E-state index in [-0.39, 0.29) is 18.3 Å². The summed E-state index contributed by atoms with van der Waals surface area (Å²) < 4.78 is 0. The van der Waals surface area contributed by atoms with Crippen LogP contribution in [0.3, 0.4) is 0 Å². The Kier molecular flexibility index (Phi) is 4.48. The van der Waals surface area contributed by atoms with E-state index in [1.54, 1.807) is 29.5 Å². The zero-order valence-corrected chi connectivity index (χ0v) is 11.0. The number of hydrogen-bond donors (Lipinski definition) is 2. The lowest BCUT2D eigenvalue weighted by atomic mass is 10.1. The van der Waals surface area contributed by atoms with E-state index >= 15 is 0 Å². The van der Waals surface area contributed by atoms with Crippen LogP contribution in [-0.4, -0.2) is 16.6 Å². The number of nitro groups is 1. The number of thiophene rings is 1.